The Morgan fingerprint density at radius 3 is 2.65 bits per heavy atom. The number of nitrogens with one attached hydrogen (secondary N) is 1. The van der Waals surface area contributed by atoms with Crippen LogP contribution < -0.4 is 5.32 Å². The maximum Gasteiger partial charge on any atom is 0.254 e. The highest BCUT2D eigenvalue weighted by Gasteiger charge is 2.16. The molecule has 0 bridgehead atoms. The van der Waals surface area contributed by atoms with Crippen LogP contribution in [0.1, 0.15) is 47.8 Å². The Morgan fingerprint density at radius 2 is 2.00 bits per heavy atom. The van der Waals surface area contributed by atoms with E-state index in [0.717, 1.165) is 16.8 Å². The van der Waals surface area contributed by atoms with Crippen LogP contribution in [0.5, 0.6) is 0 Å². The van der Waals surface area contributed by atoms with Crippen molar-refractivity contribution >= 4 is 11.6 Å². The van der Waals surface area contributed by atoms with Crippen molar-refractivity contribution in [3.8, 4) is 17.2 Å². The number of carbonyl (C=O) groups is 1. The van der Waals surface area contributed by atoms with Gasteiger partial charge in [-0.15, -0.1) is 0 Å². The van der Waals surface area contributed by atoms with Gasteiger partial charge in [-0.25, -0.2) is 9.50 Å². The zero-order valence-electron chi connectivity index (χ0n) is 15.2. The molecule has 6 nitrogen and oxygen atoms in total. The third-order valence-electron chi connectivity index (χ3n) is 4.42. The molecule has 2 aromatic heterocycles. The van der Waals surface area contributed by atoms with Crippen molar-refractivity contribution in [2.24, 2.45) is 0 Å². The summed E-state index contributed by atoms with van der Waals surface area (Å²) in [5, 5.41) is 15.7. The van der Waals surface area contributed by atoms with Gasteiger partial charge in [0.25, 0.3) is 5.91 Å². The van der Waals surface area contributed by atoms with Crippen LogP contribution in [0, 0.1) is 18.3 Å². The predicted molar refractivity (Wildman–Crippen MR) is 99.8 cm³/mol. The fourth-order valence-electron chi connectivity index (χ4n) is 2.85. The number of aryl methyl sites for hydroxylation is 1. The standard InChI is InChI=1S/C20H21N5O/c1-13(2)15-5-7-16(8-6-15)18-12-24-25-14(3)17(11-23-19(18)25)20(26)22-10-4-9-21/h5-8,11-13H,4,10H2,1-3H3,(H,22,26). The average Bonchev–Trinajstić information content (AvgIpc) is 3.07. The Labute approximate surface area is 152 Å². The van der Waals surface area contributed by atoms with Crippen molar-refractivity contribution in [3.05, 3.63) is 53.5 Å². The van der Waals surface area contributed by atoms with Crippen LogP contribution in [0.3, 0.4) is 0 Å². The largest absolute Gasteiger partial charge is 0.351 e. The highest BCUT2D eigenvalue weighted by molar-refractivity contribution is 5.95. The molecule has 0 saturated heterocycles. The molecule has 132 valence electrons. The van der Waals surface area contributed by atoms with Crippen molar-refractivity contribution in [3.63, 3.8) is 0 Å². The summed E-state index contributed by atoms with van der Waals surface area (Å²) < 4.78 is 1.69. The van der Waals surface area contributed by atoms with Crippen molar-refractivity contribution in [2.45, 2.75) is 33.1 Å². The molecular weight excluding hydrogens is 326 g/mol. The van der Waals surface area contributed by atoms with Crippen LogP contribution >= 0.6 is 0 Å². The maximum atomic E-state index is 12.3. The van der Waals surface area contributed by atoms with E-state index in [1.54, 1.807) is 16.9 Å². The van der Waals surface area contributed by atoms with Crippen LogP contribution in [0.4, 0.5) is 0 Å². The lowest BCUT2D eigenvalue weighted by Crippen LogP contribution is -2.26. The monoisotopic (exact) mass is 347 g/mol. The van der Waals surface area contributed by atoms with Gasteiger partial charge in [-0.05, 0) is 24.0 Å². The second-order valence-electron chi connectivity index (χ2n) is 6.49. The molecule has 2 heterocycles. The number of hydrogen-bond acceptors (Lipinski definition) is 4. The minimum atomic E-state index is -0.245. The third-order valence-corrected chi connectivity index (χ3v) is 4.42. The molecule has 0 fully saturated rings. The molecule has 0 aliphatic carbocycles. The van der Waals surface area contributed by atoms with Gasteiger partial charge in [0.1, 0.15) is 0 Å². The van der Waals surface area contributed by atoms with Gasteiger partial charge in [-0.1, -0.05) is 38.1 Å². The van der Waals surface area contributed by atoms with Crippen molar-refractivity contribution in [1.29, 1.82) is 5.26 Å². The van der Waals surface area contributed by atoms with E-state index in [4.69, 9.17) is 5.26 Å². The van der Waals surface area contributed by atoms with E-state index in [9.17, 15) is 4.79 Å². The minimum Gasteiger partial charge on any atom is -0.351 e. The zero-order chi connectivity index (χ0) is 18.7. The fourth-order valence-corrected chi connectivity index (χ4v) is 2.85. The molecule has 3 rings (SSSR count). The van der Waals surface area contributed by atoms with Crippen LogP contribution in [0.25, 0.3) is 16.8 Å². The highest BCUT2D eigenvalue weighted by Crippen LogP contribution is 2.26. The molecule has 0 saturated carbocycles. The van der Waals surface area contributed by atoms with Crippen molar-refractivity contribution in [1.82, 2.24) is 19.9 Å². The Kier molecular flexibility index (Phi) is 4.99. The normalized spacial score (nSPS) is 10.9. The number of nitriles is 1. The second kappa shape index (κ2) is 7.36. The van der Waals surface area contributed by atoms with E-state index in [1.165, 1.54) is 5.56 Å². The molecule has 0 aliphatic heterocycles. The number of rotatable bonds is 5. The van der Waals surface area contributed by atoms with Gasteiger partial charge in [0.15, 0.2) is 5.65 Å². The van der Waals surface area contributed by atoms with Gasteiger partial charge < -0.3 is 5.32 Å². The molecule has 1 aromatic carbocycles. The van der Waals surface area contributed by atoms with Gasteiger partial charge in [0, 0.05) is 18.3 Å². The lowest BCUT2D eigenvalue weighted by Gasteiger charge is -2.08. The number of amides is 1. The van der Waals surface area contributed by atoms with Gasteiger partial charge in [0.2, 0.25) is 0 Å². The maximum absolute atomic E-state index is 12.3. The molecule has 0 aliphatic rings. The van der Waals surface area contributed by atoms with E-state index < -0.39 is 0 Å². The number of benzene rings is 1. The molecule has 1 amide bonds. The summed E-state index contributed by atoms with van der Waals surface area (Å²) in [4.78, 5) is 16.7. The number of hydrogen-bond donors (Lipinski definition) is 1. The number of fused-ring (bicyclic) bond motifs is 1. The summed E-state index contributed by atoms with van der Waals surface area (Å²) in [7, 11) is 0. The van der Waals surface area contributed by atoms with Crippen LogP contribution in [0.2, 0.25) is 0 Å². The van der Waals surface area contributed by atoms with Crippen molar-refractivity contribution in [2.75, 3.05) is 6.54 Å². The highest BCUT2D eigenvalue weighted by atomic mass is 16.1. The fraction of sp³-hybridized carbons (Fsp3) is 0.300. The molecule has 0 radical (unpaired) electrons. The first-order chi connectivity index (χ1) is 12.5. The molecule has 0 atom stereocenters. The van der Waals surface area contributed by atoms with Crippen LogP contribution in [-0.2, 0) is 0 Å². The number of nitrogens with zero attached hydrogens (tertiary/aromatic N) is 4. The molecule has 0 unspecified atom stereocenters. The van der Waals surface area contributed by atoms with E-state index >= 15 is 0 Å². The Bertz CT molecular complexity index is 980. The van der Waals surface area contributed by atoms with E-state index in [0.29, 0.717) is 23.7 Å². The van der Waals surface area contributed by atoms with Crippen LogP contribution in [-0.4, -0.2) is 27.0 Å². The summed E-state index contributed by atoms with van der Waals surface area (Å²) in [5.41, 5.74) is 5.15. The Hall–Kier alpha value is -3.20. The number of aromatic nitrogens is 3. The molecule has 26 heavy (non-hydrogen) atoms. The summed E-state index contributed by atoms with van der Waals surface area (Å²) in [6.07, 6.45) is 3.62. The van der Waals surface area contributed by atoms with E-state index in [2.05, 4.69) is 53.5 Å². The topological polar surface area (TPSA) is 83.1 Å². The molecule has 6 heteroatoms. The summed E-state index contributed by atoms with van der Waals surface area (Å²) >= 11 is 0. The molecule has 1 N–H and O–H groups in total. The lowest BCUT2D eigenvalue weighted by molar-refractivity contribution is 0.0953. The molecule has 0 spiro atoms. The van der Waals surface area contributed by atoms with Gasteiger partial charge >= 0.3 is 0 Å². The summed E-state index contributed by atoms with van der Waals surface area (Å²) in [6.45, 7) is 6.49. The minimum absolute atomic E-state index is 0.245. The van der Waals surface area contributed by atoms with Gasteiger partial charge in [-0.3, -0.25) is 4.79 Å². The lowest BCUT2D eigenvalue weighted by atomic mass is 10.00. The first-order valence-electron chi connectivity index (χ1n) is 8.61. The smallest absolute Gasteiger partial charge is 0.254 e. The molecule has 3 aromatic rings. The predicted octanol–water partition coefficient (Wildman–Crippen LogP) is 3.47. The Balaban J connectivity index is 1.95. The first-order valence-corrected chi connectivity index (χ1v) is 8.61. The van der Waals surface area contributed by atoms with Crippen molar-refractivity contribution < 1.29 is 4.79 Å². The quantitative estimate of drug-likeness (QED) is 0.716. The summed E-state index contributed by atoms with van der Waals surface area (Å²) in [6, 6.07) is 10.4. The second-order valence-corrected chi connectivity index (χ2v) is 6.49. The SMILES string of the molecule is Cc1c(C(=O)NCCC#N)cnc2c(-c3ccc(C(C)C)cc3)cnn12. The number of carbonyl (C=O) groups excluding carboxylic acids is 1. The average molecular weight is 347 g/mol. The first kappa shape index (κ1) is 17.6. The molecular formula is C20H21N5O. The zero-order valence-corrected chi connectivity index (χ0v) is 15.2. The van der Waals surface area contributed by atoms with Gasteiger partial charge in [-0.2, -0.15) is 10.4 Å². The summed E-state index contributed by atoms with van der Waals surface area (Å²) in [5.74, 6) is 0.237. The van der Waals surface area contributed by atoms with E-state index in [1.807, 2.05) is 13.0 Å². The van der Waals surface area contributed by atoms with Crippen LogP contribution in [0.15, 0.2) is 36.7 Å². The Morgan fingerprint density at radius 1 is 1.27 bits per heavy atom. The van der Waals surface area contributed by atoms with E-state index in [-0.39, 0.29) is 12.3 Å². The third kappa shape index (κ3) is 3.29. The van der Waals surface area contributed by atoms with Gasteiger partial charge in [0.05, 0.1) is 29.9 Å².